The molecule has 5 N–H and O–H groups in total. The fraction of sp³-hybridized carbons (Fsp3) is 0.222. The lowest BCUT2D eigenvalue weighted by molar-refractivity contribution is -0.138. The lowest BCUT2D eigenvalue weighted by atomic mass is 10.3. The Kier molecular flexibility index (Phi) is 5.09. The molecule has 0 saturated carbocycles. The Hall–Kier alpha value is -1.75. The van der Waals surface area contributed by atoms with Crippen LogP contribution in [0, 0.1) is 0 Å². The van der Waals surface area contributed by atoms with Gasteiger partial charge in [0.1, 0.15) is 17.5 Å². The van der Waals surface area contributed by atoms with Crippen molar-refractivity contribution in [1.29, 1.82) is 0 Å². The summed E-state index contributed by atoms with van der Waals surface area (Å²) >= 11 is 0. The van der Waals surface area contributed by atoms with Gasteiger partial charge in [0.05, 0.1) is 0 Å². The summed E-state index contributed by atoms with van der Waals surface area (Å²) in [7, 11) is 0. The maximum absolute atomic E-state index is 9.57. The van der Waals surface area contributed by atoms with Crippen molar-refractivity contribution in [3.05, 3.63) is 24.3 Å². The van der Waals surface area contributed by atoms with Gasteiger partial charge in [-0.2, -0.15) is 0 Å². The molecule has 0 fully saturated rings. The SMILES string of the molecule is C[C@H](N)C(=O)O.Oc1cccc(O)c1. The molecule has 0 saturated heterocycles. The van der Waals surface area contributed by atoms with Gasteiger partial charge in [-0.25, -0.2) is 0 Å². The van der Waals surface area contributed by atoms with E-state index in [1.165, 1.54) is 25.1 Å². The molecule has 1 aromatic rings. The van der Waals surface area contributed by atoms with Crippen LogP contribution in [0.4, 0.5) is 0 Å². The molecule has 78 valence electrons. The smallest absolute Gasteiger partial charge is 0.320 e. The van der Waals surface area contributed by atoms with Gasteiger partial charge in [0, 0.05) is 6.07 Å². The second-order valence-electron chi connectivity index (χ2n) is 2.65. The highest BCUT2D eigenvalue weighted by Gasteiger charge is 1.99. The van der Waals surface area contributed by atoms with Crippen LogP contribution in [-0.4, -0.2) is 27.3 Å². The number of carbonyl (C=O) groups is 1. The average molecular weight is 199 g/mol. The molecule has 5 heteroatoms. The monoisotopic (exact) mass is 199 g/mol. The molecule has 14 heavy (non-hydrogen) atoms. The minimum atomic E-state index is -0.963. The molecule has 0 aliphatic heterocycles. The molecular weight excluding hydrogens is 186 g/mol. The molecule has 0 spiro atoms. The van der Waals surface area contributed by atoms with E-state index < -0.39 is 12.0 Å². The van der Waals surface area contributed by atoms with E-state index in [4.69, 9.17) is 21.1 Å². The lowest BCUT2D eigenvalue weighted by Crippen LogP contribution is -2.25. The van der Waals surface area contributed by atoms with Crippen molar-refractivity contribution in [2.75, 3.05) is 0 Å². The predicted molar refractivity (Wildman–Crippen MR) is 51.1 cm³/mol. The van der Waals surface area contributed by atoms with Crippen molar-refractivity contribution in [3.63, 3.8) is 0 Å². The van der Waals surface area contributed by atoms with Crippen LogP contribution in [0.1, 0.15) is 6.92 Å². The van der Waals surface area contributed by atoms with Crippen LogP contribution in [0.5, 0.6) is 11.5 Å². The number of carboxylic acid groups (broad SMARTS) is 1. The van der Waals surface area contributed by atoms with Crippen molar-refractivity contribution in [2.45, 2.75) is 13.0 Å². The summed E-state index contributed by atoms with van der Waals surface area (Å²) in [5.41, 5.74) is 4.84. The molecule has 0 aromatic heterocycles. The van der Waals surface area contributed by atoms with Crippen molar-refractivity contribution in [1.82, 2.24) is 0 Å². The summed E-state index contributed by atoms with van der Waals surface area (Å²) in [6.07, 6.45) is 0. The van der Waals surface area contributed by atoms with E-state index in [1.807, 2.05) is 0 Å². The first-order chi connectivity index (χ1) is 6.43. The number of rotatable bonds is 1. The summed E-state index contributed by atoms with van der Waals surface area (Å²) < 4.78 is 0. The van der Waals surface area contributed by atoms with Crippen LogP contribution in [-0.2, 0) is 4.79 Å². The Labute approximate surface area is 81.4 Å². The first-order valence-corrected chi connectivity index (χ1v) is 3.90. The largest absolute Gasteiger partial charge is 0.508 e. The maximum atomic E-state index is 9.57. The molecule has 0 unspecified atom stereocenters. The highest BCUT2D eigenvalue weighted by molar-refractivity contribution is 5.72. The number of phenolic OH excluding ortho intramolecular Hbond substituents is 2. The topological polar surface area (TPSA) is 104 Å². The van der Waals surface area contributed by atoms with Gasteiger partial charge in [0.2, 0.25) is 0 Å². The number of carboxylic acids is 1. The molecule has 1 rings (SSSR count). The number of hydrogen-bond acceptors (Lipinski definition) is 4. The van der Waals surface area contributed by atoms with Gasteiger partial charge in [-0.3, -0.25) is 4.79 Å². The van der Waals surface area contributed by atoms with Crippen LogP contribution in [0.25, 0.3) is 0 Å². The molecule has 0 heterocycles. The standard InChI is InChI=1S/C6H6O2.C3H7NO2/c7-5-2-1-3-6(8)4-5;1-2(4)3(5)6/h1-4,7-8H;2H,4H2,1H3,(H,5,6)/t;2-/m.0/s1. The van der Waals surface area contributed by atoms with E-state index in [-0.39, 0.29) is 11.5 Å². The summed E-state index contributed by atoms with van der Waals surface area (Å²) in [5, 5.41) is 25.2. The summed E-state index contributed by atoms with van der Waals surface area (Å²) in [5.74, 6) is -0.787. The van der Waals surface area contributed by atoms with Gasteiger partial charge in [0.25, 0.3) is 0 Å². The Bertz CT molecular complexity index is 281. The third kappa shape index (κ3) is 5.84. The Morgan fingerprint density at radius 3 is 1.86 bits per heavy atom. The molecule has 0 radical (unpaired) electrons. The van der Waals surface area contributed by atoms with Gasteiger partial charge in [-0.15, -0.1) is 0 Å². The minimum absolute atomic E-state index is 0.0880. The van der Waals surface area contributed by atoms with Crippen LogP contribution in [0.3, 0.4) is 0 Å². The van der Waals surface area contributed by atoms with Crippen molar-refractivity contribution >= 4 is 5.97 Å². The first-order valence-electron chi connectivity index (χ1n) is 3.90. The van der Waals surface area contributed by atoms with E-state index >= 15 is 0 Å². The molecule has 0 bridgehead atoms. The Morgan fingerprint density at radius 1 is 1.36 bits per heavy atom. The van der Waals surface area contributed by atoms with Gasteiger partial charge in [-0.1, -0.05) is 6.07 Å². The van der Waals surface area contributed by atoms with Gasteiger partial charge < -0.3 is 21.1 Å². The van der Waals surface area contributed by atoms with Gasteiger partial charge >= 0.3 is 5.97 Å². The highest BCUT2D eigenvalue weighted by atomic mass is 16.4. The van der Waals surface area contributed by atoms with Gasteiger partial charge in [0.15, 0.2) is 0 Å². The second kappa shape index (κ2) is 5.82. The molecular formula is C9H13NO4. The summed E-state index contributed by atoms with van der Waals surface area (Å²) in [6, 6.07) is 5.12. The Morgan fingerprint density at radius 2 is 1.71 bits per heavy atom. The van der Waals surface area contributed by atoms with E-state index in [9.17, 15) is 4.79 Å². The first kappa shape index (κ1) is 12.2. The molecule has 0 aliphatic rings. The zero-order chi connectivity index (χ0) is 11.1. The number of aliphatic carboxylic acids is 1. The fourth-order valence-corrected chi connectivity index (χ4v) is 0.493. The molecule has 5 nitrogen and oxygen atoms in total. The number of nitrogens with two attached hydrogens (primary N) is 1. The van der Waals surface area contributed by atoms with E-state index in [1.54, 1.807) is 6.07 Å². The maximum Gasteiger partial charge on any atom is 0.320 e. The van der Waals surface area contributed by atoms with Crippen LogP contribution in [0.15, 0.2) is 24.3 Å². The normalized spacial score (nSPS) is 11.0. The molecule has 1 atom stereocenters. The quantitative estimate of drug-likeness (QED) is 0.527. The molecule has 0 aliphatic carbocycles. The van der Waals surface area contributed by atoms with Crippen molar-refractivity contribution < 1.29 is 20.1 Å². The van der Waals surface area contributed by atoms with Gasteiger partial charge in [-0.05, 0) is 19.1 Å². The van der Waals surface area contributed by atoms with E-state index in [2.05, 4.69) is 0 Å². The Balaban J connectivity index is 0.000000255. The minimum Gasteiger partial charge on any atom is -0.508 e. The third-order valence-electron chi connectivity index (χ3n) is 1.22. The average Bonchev–Trinajstić information content (AvgIpc) is 2.04. The fourth-order valence-electron chi connectivity index (χ4n) is 0.493. The van der Waals surface area contributed by atoms with E-state index in [0.29, 0.717) is 0 Å². The van der Waals surface area contributed by atoms with Crippen LogP contribution in [0.2, 0.25) is 0 Å². The van der Waals surface area contributed by atoms with Crippen LogP contribution < -0.4 is 5.73 Å². The van der Waals surface area contributed by atoms with Crippen LogP contribution >= 0.6 is 0 Å². The highest BCUT2D eigenvalue weighted by Crippen LogP contribution is 2.14. The second-order valence-corrected chi connectivity index (χ2v) is 2.65. The number of aromatic hydroxyl groups is 2. The number of hydrogen-bond donors (Lipinski definition) is 4. The summed E-state index contributed by atoms with van der Waals surface area (Å²) in [4.78, 5) is 9.57. The molecule has 0 amide bonds. The third-order valence-corrected chi connectivity index (χ3v) is 1.22. The van der Waals surface area contributed by atoms with Crippen molar-refractivity contribution in [3.8, 4) is 11.5 Å². The van der Waals surface area contributed by atoms with E-state index in [0.717, 1.165) is 0 Å². The predicted octanol–water partition coefficient (Wildman–Crippen LogP) is 0.516. The molecule has 1 aromatic carbocycles. The number of benzene rings is 1. The summed E-state index contributed by atoms with van der Waals surface area (Å²) in [6.45, 7) is 1.42. The zero-order valence-corrected chi connectivity index (χ0v) is 7.71. The number of phenols is 2. The lowest BCUT2D eigenvalue weighted by Gasteiger charge is -1.90. The van der Waals surface area contributed by atoms with Crippen molar-refractivity contribution in [2.24, 2.45) is 5.73 Å². The zero-order valence-electron chi connectivity index (χ0n) is 7.71.